The van der Waals surface area contributed by atoms with E-state index in [2.05, 4.69) is 15.8 Å². The lowest BCUT2D eigenvalue weighted by Crippen LogP contribution is -2.13. The van der Waals surface area contributed by atoms with E-state index in [1.807, 2.05) is 42.5 Å². The van der Waals surface area contributed by atoms with E-state index in [1.54, 1.807) is 13.2 Å². The van der Waals surface area contributed by atoms with Crippen molar-refractivity contribution in [2.45, 2.75) is 19.3 Å². The minimum atomic E-state index is -0.333. The Morgan fingerprint density at radius 3 is 2.85 bits per heavy atom. The molecule has 1 amide bonds. The highest BCUT2D eigenvalue weighted by Gasteiger charge is 2.18. The van der Waals surface area contributed by atoms with Gasteiger partial charge in [-0.25, -0.2) is 0 Å². The van der Waals surface area contributed by atoms with Crippen molar-refractivity contribution < 1.29 is 14.1 Å². The maximum absolute atomic E-state index is 12.7. The first kappa shape index (κ1) is 17.1. The van der Waals surface area contributed by atoms with Crippen LogP contribution >= 0.6 is 0 Å². The van der Waals surface area contributed by atoms with Crippen LogP contribution in [0, 0.1) is 0 Å². The Hall–Kier alpha value is -3.28. The standard InChI is InChI=1S/C21H21N3O3/c1-26-20-12-16-15(9-5-6-10-22-16)11-17(20)23-21(25)18-13-19(27-24-18)14-7-3-2-4-8-14/h2-4,7-8,11-13,22H,5-6,9-10H2,1H3,(H,23,25). The zero-order valence-corrected chi connectivity index (χ0v) is 15.1. The fourth-order valence-electron chi connectivity index (χ4n) is 3.23. The van der Waals surface area contributed by atoms with Gasteiger partial charge in [-0.05, 0) is 30.9 Å². The highest BCUT2D eigenvalue weighted by atomic mass is 16.5. The molecule has 0 aliphatic carbocycles. The molecule has 0 bridgehead atoms. The van der Waals surface area contributed by atoms with Crippen LogP contribution in [0.3, 0.4) is 0 Å². The molecule has 2 aromatic carbocycles. The summed E-state index contributed by atoms with van der Waals surface area (Å²) >= 11 is 0. The molecule has 1 aliphatic rings. The molecule has 0 saturated carbocycles. The number of ether oxygens (including phenoxy) is 1. The number of nitrogens with one attached hydrogen (secondary N) is 2. The van der Waals surface area contributed by atoms with Gasteiger partial charge in [0.15, 0.2) is 11.5 Å². The molecule has 0 atom stereocenters. The smallest absolute Gasteiger partial charge is 0.277 e. The van der Waals surface area contributed by atoms with E-state index in [1.165, 1.54) is 5.56 Å². The molecule has 0 saturated heterocycles. The zero-order valence-electron chi connectivity index (χ0n) is 15.1. The third-order valence-corrected chi connectivity index (χ3v) is 4.66. The second kappa shape index (κ2) is 7.53. The Balaban J connectivity index is 1.58. The second-order valence-corrected chi connectivity index (χ2v) is 6.49. The predicted molar refractivity (Wildman–Crippen MR) is 104 cm³/mol. The number of aromatic nitrogens is 1. The van der Waals surface area contributed by atoms with Gasteiger partial charge in [0.2, 0.25) is 0 Å². The number of anilines is 2. The Bertz CT molecular complexity index is 951. The lowest BCUT2D eigenvalue weighted by atomic mass is 10.1. The molecule has 138 valence electrons. The summed E-state index contributed by atoms with van der Waals surface area (Å²) in [5, 5.41) is 10.2. The summed E-state index contributed by atoms with van der Waals surface area (Å²) in [6.07, 6.45) is 3.21. The van der Waals surface area contributed by atoms with E-state index in [9.17, 15) is 4.79 Å². The molecule has 1 aromatic heterocycles. The van der Waals surface area contributed by atoms with E-state index in [4.69, 9.17) is 9.26 Å². The minimum absolute atomic E-state index is 0.226. The maximum Gasteiger partial charge on any atom is 0.277 e. The summed E-state index contributed by atoms with van der Waals surface area (Å²) in [5.41, 5.74) is 3.97. The molecule has 4 rings (SSSR count). The first-order chi connectivity index (χ1) is 13.2. The number of amides is 1. The molecule has 0 radical (unpaired) electrons. The number of carbonyl (C=O) groups is 1. The number of aryl methyl sites for hydroxylation is 1. The summed E-state index contributed by atoms with van der Waals surface area (Å²) in [6.45, 7) is 0.947. The fourth-order valence-corrected chi connectivity index (χ4v) is 3.23. The molecular weight excluding hydrogens is 342 g/mol. The molecule has 2 heterocycles. The molecule has 3 aromatic rings. The fraction of sp³-hybridized carbons (Fsp3) is 0.238. The largest absolute Gasteiger partial charge is 0.494 e. The first-order valence-corrected chi connectivity index (χ1v) is 9.03. The highest BCUT2D eigenvalue weighted by Crippen LogP contribution is 2.34. The predicted octanol–water partition coefficient (Wildman–Crippen LogP) is 4.35. The number of nitrogens with zero attached hydrogens (tertiary/aromatic N) is 1. The van der Waals surface area contributed by atoms with Crippen molar-refractivity contribution in [2.24, 2.45) is 0 Å². The van der Waals surface area contributed by atoms with Gasteiger partial charge in [-0.3, -0.25) is 4.79 Å². The normalized spacial score (nSPS) is 13.2. The Morgan fingerprint density at radius 1 is 1.19 bits per heavy atom. The number of hydrogen-bond acceptors (Lipinski definition) is 5. The number of benzene rings is 2. The number of carbonyl (C=O) groups excluding carboxylic acids is 1. The third kappa shape index (κ3) is 3.65. The summed E-state index contributed by atoms with van der Waals surface area (Å²) in [6, 6.07) is 15.1. The van der Waals surface area contributed by atoms with Crippen molar-refractivity contribution in [1.82, 2.24) is 5.16 Å². The van der Waals surface area contributed by atoms with Gasteiger partial charge in [0.25, 0.3) is 5.91 Å². The monoisotopic (exact) mass is 363 g/mol. The average Bonchev–Trinajstić information content (AvgIpc) is 3.09. The molecule has 6 heteroatoms. The van der Waals surface area contributed by atoms with E-state index in [0.29, 0.717) is 17.2 Å². The highest BCUT2D eigenvalue weighted by molar-refractivity contribution is 6.04. The Kier molecular flexibility index (Phi) is 4.78. The van der Waals surface area contributed by atoms with Crippen LogP contribution < -0.4 is 15.4 Å². The van der Waals surface area contributed by atoms with Crippen LogP contribution in [0.5, 0.6) is 5.75 Å². The van der Waals surface area contributed by atoms with Gasteiger partial charge in [-0.1, -0.05) is 35.5 Å². The van der Waals surface area contributed by atoms with E-state index in [0.717, 1.165) is 37.1 Å². The van der Waals surface area contributed by atoms with Gasteiger partial charge >= 0.3 is 0 Å². The number of hydrogen-bond donors (Lipinski definition) is 2. The summed E-state index contributed by atoms with van der Waals surface area (Å²) in [4.78, 5) is 12.7. The molecule has 1 aliphatic heterocycles. The van der Waals surface area contributed by atoms with Crippen molar-refractivity contribution >= 4 is 17.3 Å². The van der Waals surface area contributed by atoms with Crippen LogP contribution in [-0.2, 0) is 6.42 Å². The zero-order chi connectivity index (χ0) is 18.6. The van der Waals surface area contributed by atoms with Crippen molar-refractivity contribution in [3.05, 3.63) is 59.8 Å². The van der Waals surface area contributed by atoms with E-state index >= 15 is 0 Å². The molecular formula is C21H21N3O3. The van der Waals surface area contributed by atoms with Crippen molar-refractivity contribution in [2.75, 3.05) is 24.3 Å². The van der Waals surface area contributed by atoms with Crippen molar-refractivity contribution in [3.63, 3.8) is 0 Å². The van der Waals surface area contributed by atoms with Crippen LogP contribution in [0.2, 0.25) is 0 Å². The number of fused-ring (bicyclic) bond motifs is 1. The number of methoxy groups -OCH3 is 1. The Labute approximate surface area is 157 Å². The van der Waals surface area contributed by atoms with E-state index in [-0.39, 0.29) is 11.6 Å². The molecule has 0 unspecified atom stereocenters. The third-order valence-electron chi connectivity index (χ3n) is 4.66. The minimum Gasteiger partial charge on any atom is -0.494 e. The summed E-state index contributed by atoms with van der Waals surface area (Å²) in [5.74, 6) is 0.836. The summed E-state index contributed by atoms with van der Waals surface area (Å²) in [7, 11) is 1.59. The van der Waals surface area contributed by atoms with Gasteiger partial charge in [0.1, 0.15) is 5.75 Å². The van der Waals surface area contributed by atoms with Crippen LogP contribution in [-0.4, -0.2) is 24.7 Å². The topological polar surface area (TPSA) is 76.4 Å². The van der Waals surface area contributed by atoms with Gasteiger partial charge < -0.3 is 19.9 Å². The van der Waals surface area contributed by atoms with Crippen LogP contribution in [0.1, 0.15) is 28.9 Å². The lowest BCUT2D eigenvalue weighted by molar-refractivity contribution is 0.101. The van der Waals surface area contributed by atoms with Crippen molar-refractivity contribution in [3.8, 4) is 17.1 Å². The SMILES string of the molecule is COc1cc2c(cc1NC(=O)c1cc(-c3ccccc3)on1)CCCCN2. The van der Waals surface area contributed by atoms with Crippen molar-refractivity contribution in [1.29, 1.82) is 0 Å². The van der Waals surface area contributed by atoms with Gasteiger partial charge in [0.05, 0.1) is 12.8 Å². The van der Waals surface area contributed by atoms with Gasteiger partial charge in [-0.2, -0.15) is 0 Å². The molecule has 2 N–H and O–H groups in total. The van der Waals surface area contributed by atoms with Crippen LogP contribution in [0.25, 0.3) is 11.3 Å². The quantitative estimate of drug-likeness (QED) is 0.721. The van der Waals surface area contributed by atoms with Gasteiger partial charge in [-0.15, -0.1) is 0 Å². The Morgan fingerprint density at radius 2 is 2.04 bits per heavy atom. The number of rotatable bonds is 4. The summed E-state index contributed by atoms with van der Waals surface area (Å²) < 4.78 is 10.8. The van der Waals surface area contributed by atoms with Crippen LogP contribution in [0.4, 0.5) is 11.4 Å². The second-order valence-electron chi connectivity index (χ2n) is 6.49. The average molecular weight is 363 g/mol. The lowest BCUT2D eigenvalue weighted by Gasteiger charge is -2.15. The molecule has 6 nitrogen and oxygen atoms in total. The maximum atomic E-state index is 12.7. The molecule has 27 heavy (non-hydrogen) atoms. The first-order valence-electron chi connectivity index (χ1n) is 9.03. The van der Waals surface area contributed by atoms with Crippen LogP contribution in [0.15, 0.2) is 53.1 Å². The molecule has 0 fully saturated rings. The molecule has 0 spiro atoms. The van der Waals surface area contributed by atoms with E-state index < -0.39 is 0 Å². The van der Waals surface area contributed by atoms with Gasteiger partial charge in [0, 0.05) is 29.9 Å².